The fourth-order valence-corrected chi connectivity index (χ4v) is 6.53. The van der Waals surface area contributed by atoms with E-state index in [0.717, 1.165) is 19.4 Å². The standard InChI is InChI=1S/C22H26ClFN4O4S/c1-14-16(24)4-2-5-17(14)26-21(30)27-18-7-6-15(23)20(19(18)29)33(31,32)28-12-9-22(10-13-28)8-3-11-25-22/h2,4-7,25,29H,3,8-13H2,1H3,(H2,26,27,30). The van der Waals surface area contributed by atoms with Crippen LogP contribution in [0.2, 0.25) is 5.02 Å². The lowest BCUT2D eigenvalue weighted by molar-refractivity contribution is 0.213. The maximum absolute atomic E-state index is 13.7. The summed E-state index contributed by atoms with van der Waals surface area (Å²) in [5, 5.41) is 19.0. The summed E-state index contributed by atoms with van der Waals surface area (Å²) in [4.78, 5) is 12.0. The third-order valence-electron chi connectivity index (χ3n) is 6.46. The molecule has 1 spiro atoms. The normalized spacial score (nSPS) is 18.4. The number of sulfonamides is 1. The lowest BCUT2D eigenvalue weighted by atomic mass is 9.87. The number of phenolic OH excluding ortho intramolecular Hbond substituents is 1. The zero-order valence-electron chi connectivity index (χ0n) is 18.1. The van der Waals surface area contributed by atoms with Gasteiger partial charge in [0.05, 0.1) is 10.7 Å². The number of halogens is 2. The number of carbonyl (C=O) groups excluding carboxylic acids is 1. The summed E-state index contributed by atoms with van der Waals surface area (Å²) in [6, 6.07) is 6.09. The quantitative estimate of drug-likeness (QED) is 0.477. The summed E-state index contributed by atoms with van der Waals surface area (Å²) in [6.45, 7) is 3.06. The molecular weight excluding hydrogens is 471 g/mol. The number of amides is 2. The predicted octanol–water partition coefficient (Wildman–Crippen LogP) is 4.04. The Bertz CT molecular complexity index is 1180. The van der Waals surface area contributed by atoms with Gasteiger partial charge in [-0.3, -0.25) is 0 Å². The number of carbonyl (C=O) groups is 1. The van der Waals surface area contributed by atoms with Crippen molar-refractivity contribution in [3.63, 3.8) is 0 Å². The maximum Gasteiger partial charge on any atom is 0.323 e. The molecule has 4 rings (SSSR count). The number of aromatic hydroxyl groups is 1. The van der Waals surface area contributed by atoms with Crippen LogP contribution in [-0.2, 0) is 10.0 Å². The first-order chi connectivity index (χ1) is 15.6. The number of hydrogen-bond donors (Lipinski definition) is 4. The first-order valence-corrected chi connectivity index (χ1v) is 12.5. The molecule has 2 aromatic rings. The molecule has 0 aliphatic carbocycles. The Hall–Kier alpha value is -2.40. The van der Waals surface area contributed by atoms with Crippen LogP contribution in [0.15, 0.2) is 35.2 Å². The largest absolute Gasteiger partial charge is 0.504 e. The van der Waals surface area contributed by atoms with E-state index in [2.05, 4.69) is 16.0 Å². The van der Waals surface area contributed by atoms with Crippen molar-refractivity contribution >= 4 is 39.0 Å². The number of nitrogens with zero attached hydrogens (tertiary/aromatic N) is 1. The summed E-state index contributed by atoms with van der Waals surface area (Å²) >= 11 is 6.18. The zero-order chi connectivity index (χ0) is 23.8. The fraction of sp³-hybridized carbons (Fsp3) is 0.409. The van der Waals surface area contributed by atoms with Crippen molar-refractivity contribution in [2.75, 3.05) is 30.3 Å². The molecule has 33 heavy (non-hydrogen) atoms. The van der Waals surface area contributed by atoms with Crippen molar-refractivity contribution in [2.24, 2.45) is 0 Å². The Morgan fingerprint density at radius 3 is 2.52 bits per heavy atom. The van der Waals surface area contributed by atoms with Crippen LogP contribution in [0.5, 0.6) is 5.75 Å². The zero-order valence-corrected chi connectivity index (χ0v) is 19.7. The molecule has 11 heteroatoms. The molecule has 2 fully saturated rings. The van der Waals surface area contributed by atoms with Crippen LogP contribution in [0.3, 0.4) is 0 Å². The topological polar surface area (TPSA) is 111 Å². The van der Waals surface area contributed by atoms with Gasteiger partial charge in [0.15, 0.2) is 5.75 Å². The van der Waals surface area contributed by atoms with E-state index < -0.39 is 32.5 Å². The minimum atomic E-state index is -4.10. The maximum atomic E-state index is 13.7. The van der Waals surface area contributed by atoms with Crippen LogP contribution in [0.25, 0.3) is 0 Å². The van der Waals surface area contributed by atoms with Crippen molar-refractivity contribution < 1.29 is 22.7 Å². The number of rotatable bonds is 4. The molecule has 8 nitrogen and oxygen atoms in total. The van der Waals surface area contributed by atoms with Gasteiger partial charge in [-0.2, -0.15) is 4.31 Å². The second kappa shape index (κ2) is 9.09. The highest BCUT2D eigenvalue weighted by atomic mass is 35.5. The van der Waals surface area contributed by atoms with E-state index in [1.807, 2.05) is 0 Å². The predicted molar refractivity (Wildman–Crippen MR) is 125 cm³/mol. The summed E-state index contributed by atoms with van der Waals surface area (Å²) in [7, 11) is -4.10. The minimum absolute atomic E-state index is 0.0194. The van der Waals surface area contributed by atoms with Crippen molar-refractivity contribution in [3.05, 3.63) is 46.7 Å². The van der Waals surface area contributed by atoms with Gasteiger partial charge >= 0.3 is 6.03 Å². The summed E-state index contributed by atoms with van der Waals surface area (Å²) in [6.07, 6.45) is 3.45. The first kappa shape index (κ1) is 23.7. The molecule has 0 unspecified atom stereocenters. The molecule has 2 aliphatic rings. The molecule has 0 atom stereocenters. The number of benzene rings is 2. The molecule has 2 heterocycles. The van der Waals surface area contributed by atoms with Gasteiger partial charge in [0.25, 0.3) is 0 Å². The van der Waals surface area contributed by atoms with Gasteiger partial charge in [-0.1, -0.05) is 17.7 Å². The van der Waals surface area contributed by atoms with Crippen LogP contribution < -0.4 is 16.0 Å². The Morgan fingerprint density at radius 1 is 1.15 bits per heavy atom. The minimum Gasteiger partial charge on any atom is -0.504 e. The fourth-order valence-electron chi connectivity index (χ4n) is 4.49. The van der Waals surface area contributed by atoms with Gasteiger partial charge in [-0.05, 0) is 63.4 Å². The Labute approximate surface area is 197 Å². The van der Waals surface area contributed by atoms with E-state index in [4.69, 9.17) is 11.6 Å². The van der Waals surface area contributed by atoms with Crippen LogP contribution >= 0.6 is 11.6 Å². The van der Waals surface area contributed by atoms with E-state index >= 15 is 0 Å². The highest BCUT2D eigenvalue weighted by Crippen LogP contribution is 2.40. The van der Waals surface area contributed by atoms with E-state index in [-0.39, 0.29) is 27.5 Å². The third kappa shape index (κ3) is 4.65. The van der Waals surface area contributed by atoms with Gasteiger partial charge in [-0.15, -0.1) is 0 Å². The SMILES string of the molecule is Cc1c(F)cccc1NC(=O)Nc1ccc(Cl)c(S(=O)(=O)N2CCC3(CCCN3)CC2)c1O. The molecule has 2 amide bonds. The number of phenols is 1. The smallest absolute Gasteiger partial charge is 0.323 e. The van der Waals surface area contributed by atoms with Gasteiger partial charge < -0.3 is 21.1 Å². The van der Waals surface area contributed by atoms with Crippen molar-refractivity contribution in [2.45, 2.75) is 43.0 Å². The average molecular weight is 497 g/mol. The molecule has 0 bridgehead atoms. The molecule has 2 saturated heterocycles. The van der Waals surface area contributed by atoms with Crippen LogP contribution in [0, 0.1) is 12.7 Å². The Kier molecular flexibility index (Phi) is 6.54. The van der Waals surface area contributed by atoms with E-state index in [1.165, 1.54) is 41.6 Å². The lowest BCUT2D eigenvalue weighted by Gasteiger charge is -2.39. The lowest BCUT2D eigenvalue weighted by Crippen LogP contribution is -2.51. The van der Waals surface area contributed by atoms with Crippen LogP contribution in [-0.4, -0.2) is 49.0 Å². The highest BCUT2D eigenvalue weighted by molar-refractivity contribution is 7.89. The molecule has 0 radical (unpaired) electrons. The molecule has 2 aromatic carbocycles. The van der Waals surface area contributed by atoms with E-state index in [9.17, 15) is 22.7 Å². The third-order valence-corrected chi connectivity index (χ3v) is 8.86. The van der Waals surface area contributed by atoms with Crippen LogP contribution in [0.4, 0.5) is 20.6 Å². The van der Waals surface area contributed by atoms with Crippen molar-refractivity contribution in [1.29, 1.82) is 0 Å². The number of anilines is 2. The van der Waals surface area contributed by atoms with Crippen LogP contribution in [0.1, 0.15) is 31.2 Å². The monoisotopic (exact) mass is 496 g/mol. The van der Waals surface area contributed by atoms with Crippen molar-refractivity contribution in [3.8, 4) is 5.75 Å². The van der Waals surface area contributed by atoms with Gasteiger partial charge in [0.2, 0.25) is 10.0 Å². The van der Waals surface area contributed by atoms with Crippen molar-refractivity contribution in [1.82, 2.24) is 9.62 Å². The van der Waals surface area contributed by atoms with Gasteiger partial charge in [-0.25, -0.2) is 17.6 Å². The molecule has 178 valence electrons. The molecule has 0 aromatic heterocycles. The average Bonchev–Trinajstić information content (AvgIpc) is 3.21. The summed E-state index contributed by atoms with van der Waals surface area (Å²) < 4.78 is 41.7. The Morgan fingerprint density at radius 2 is 1.85 bits per heavy atom. The highest BCUT2D eigenvalue weighted by Gasteiger charge is 2.41. The van der Waals surface area contributed by atoms with Gasteiger partial charge in [0.1, 0.15) is 10.7 Å². The number of piperidine rings is 1. The number of urea groups is 1. The number of nitrogens with one attached hydrogen (secondary N) is 3. The van der Waals surface area contributed by atoms with E-state index in [0.29, 0.717) is 25.9 Å². The summed E-state index contributed by atoms with van der Waals surface area (Å²) in [5.41, 5.74) is 0.344. The second-order valence-electron chi connectivity index (χ2n) is 8.48. The first-order valence-electron chi connectivity index (χ1n) is 10.7. The second-order valence-corrected chi connectivity index (χ2v) is 10.8. The molecule has 4 N–H and O–H groups in total. The molecule has 0 saturated carbocycles. The molecular formula is C22H26ClFN4O4S. The summed E-state index contributed by atoms with van der Waals surface area (Å²) in [5.74, 6) is -1.13. The van der Waals surface area contributed by atoms with E-state index in [1.54, 1.807) is 0 Å². The van der Waals surface area contributed by atoms with Gasteiger partial charge in [0, 0.05) is 29.9 Å². The number of hydrogen-bond acceptors (Lipinski definition) is 5. The molecule has 2 aliphatic heterocycles. The Balaban J connectivity index is 1.54.